The van der Waals surface area contributed by atoms with Gasteiger partial charge in [0.05, 0.1) is 49.6 Å². The minimum absolute atomic E-state index is 0.0341. The number of likely N-dealkylation sites (tertiary alicyclic amines) is 2. The van der Waals surface area contributed by atoms with Gasteiger partial charge in [-0.15, -0.1) is 0 Å². The molecule has 184 valence electrons. The van der Waals surface area contributed by atoms with Gasteiger partial charge < -0.3 is 14.4 Å². The number of hydrogen-bond acceptors (Lipinski definition) is 9. The van der Waals surface area contributed by atoms with E-state index in [0.717, 1.165) is 0 Å². The highest BCUT2D eigenvalue weighted by Crippen LogP contribution is 2.60. The molecule has 4 rings (SSSR count). The number of benzene rings is 2. The van der Waals surface area contributed by atoms with Crippen molar-refractivity contribution in [2.75, 3.05) is 41.4 Å². The smallest absolute Gasteiger partial charge is 0.322 e. The first-order valence-electron chi connectivity index (χ1n) is 11.3. The number of piperidine rings is 2. The number of ether oxygens (including phenoxy) is 2. The van der Waals surface area contributed by atoms with Crippen molar-refractivity contribution in [3.05, 3.63) is 70.8 Å². The van der Waals surface area contributed by atoms with Crippen LogP contribution in [0, 0.1) is 33.5 Å². The Kier molecular flexibility index (Phi) is 6.40. The van der Waals surface area contributed by atoms with Gasteiger partial charge in [-0.2, -0.15) is 10.5 Å². The third-order valence-electron chi connectivity index (χ3n) is 7.41. The number of carbonyl (C=O) groups excluding carboxylic acids is 3. The van der Waals surface area contributed by atoms with E-state index in [1.54, 1.807) is 67.5 Å². The standard InChI is InChI=1S/C27H26N4O5/c1-30-15-26(24(33)35-3)21(19-9-5-17(13-28)6-10-19)31(2)22(20-11-7-18(14-29)8-12-20)27(16-30,23(26)32)25(34)36-4/h5-12,21-22H,15-16H2,1-4H3/t21-,22+,26-,27+. The lowest BCUT2D eigenvalue weighted by atomic mass is 9.54. The summed E-state index contributed by atoms with van der Waals surface area (Å²) in [6.45, 7) is 0.0682. The predicted octanol–water partition coefficient (Wildman–Crippen LogP) is 1.99. The first-order chi connectivity index (χ1) is 17.2. The topological polar surface area (TPSA) is 124 Å². The Hall–Kier alpha value is -4.05. The number of esters is 2. The molecule has 2 aliphatic heterocycles. The van der Waals surface area contributed by atoms with Gasteiger partial charge in [-0.25, -0.2) is 0 Å². The van der Waals surface area contributed by atoms with Crippen LogP contribution in [0.1, 0.15) is 34.3 Å². The number of Topliss-reactive ketones (excluding diaryl/α,β-unsaturated/α-hetero) is 1. The van der Waals surface area contributed by atoms with E-state index < -0.39 is 40.6 Å². The zero-order valence-corrected chi connectivity index (χ0v) is 20.5. The van der Waals surface area contributed by atoms with E-state index in [4.69, 9.17) is 9.47 Å². The van der Waals surface area contributed by atoms with Crippen LogP contribution in [0.5, 0.6) is 0 Å². The molecule has 2 aromatic carbocycles. The Morgan fingerprint density at radius 3 is 1.47 bits per heavy atom. The Morgan fingerprint density at radius 2 is 1.17 bits per heavy atom. The summed E-state index contributed by atoms with van der Waals surface area (Å²) in [6.07, 6.45) is 0. The lowest BCUT2D eigenvalue weighted by Gasteiger charge is -2.60. The number of nitrogens with zero attached hydrogens (tertiary/aromatic N) is 4. The van der Waals surface area contributed by atoms with Crippen LogP contribution in [0.25, 0.3) is 0 Å². The molecule has 0 aromatic heterocycles. The van der Waals surface area contributed by atoms with E-state index in [1.807, 2.05) is 4.90 Å². The maximum absolute atomic E-state index is 14.6. The van der Waals surface area contributed by atoms with Gasteiger partial charge in [0.15, 0.2) is 16.6 Å². The summed E-state index contributed by atoms with van der Waals surface area (Å²) in [5.41, 5.74) is -1.34. The number of carbonyl (C=O) groups is 3. The number of rotatable bonds is 4. The van der Waals surface area contributed by atoms with E-state index in [1.165, 1.54) is 14.2 Å². The maximum atomic E-state index is 14.6. The van der Waals surface area contributed by atoms with Gasteiger partial charge in [0.25, 0.3) is 0 Å². The number of nitriles is 2. The normalized spacial score (nSPS) is 28.0. The van der Waals surface area contributed by atoms with E-state index >= 15 is 0 Å². The lowest BCUT2D eigenvalue weighted by Crippen LogP contribution is -2.75. The largest absolute Gasteiger partial charge is 0.468 e. The summed E-state index contributed by atoms with van der Waals surface area (Å²) in [5.74, 6) is -2.05. The summed E-state index contributed by atoms with van der Waals surface area (Å²) >= 11 is 0. The molecule has 0 saturated carbocycles. The lowest BCUT2D eigenvalue weighted by molar-refractivity contribution is -0.202. The van der Waals surface area contributed by atoms with Gasteiger partial charge in [0.2, 0.25) is 0 Å². The second kappa shape index (κ2) is 9.19. The Bertz CT molecular complexity index is 1200. The number of hydrogen-bond donors (Lipinski definition) is 0. The molecule has 4 atom stereocenters. The molecule has 9 heteroatoms. The van der Waals surface area contributed by atoms with E-state index in [9.17, 15) is 24.9 Å². The second-order valence-electron chi connectivity index (χ2n) is 9.37. The van der Waals surface area contributed by atoms with Gasteiger partial charge in [0.1, 0.15) is 0 Å². The average Bonchev–Trinajstić information content (AvgIpc) is 2.90. The summed E-state index contributed by atoms with van der Waals surface area (Å²) in [7, 11) is 5.96. The van der Waals surface area contributed by atoms with E-state index in [2.05, 4.69) is 12.1 Å². The summed E-state index contributed by atoms with van der Waals surface area (Å²) < 4.78 is 10.4. The van der Waals surface area contributed by atoms with Crippen LogP contribution in [-0.4, -0.2) is 68.9 Å². The van der Waals surface area contributed by atoms with Crippen molar-refractivity contribution < 1.29 is 23.9 Å². The highest BCUT2D eigenvalue weighted by atomic mass is 16.5. The third-order valence-corrected chi connectivity index (χ3v) is 7.41. The number of ketones is 1. The Balaban J connectivity index is 2.05. The molecule has 0 radical (unpaired) electrons. The van der Waals surface area contributed by atoms with Crippen molar-refractivity contribution in [1.82, 2.24) is 9.80 Å². The molecule has 2 saturated heterocycles. The summed E-state index contributed by atoms with van der Waals surface area (Å²) in [6, 6.07) is 15.9. The van der Waals surface area contributed by atoms with Gasteiger partial charge >= 0.3 is 11.9 Å². The fourth-order valence-corrected chi connectivity index (χ4v) is 6.14. The van der Waals surface area contributed by atoms with Crippen LogP contribution < -0.4 is 0 Å². The summed E-state index contributed by atoms with van der Waals surface area (Å²) in [5, 5.41) is 18.5. The highest BCUT2D eigenvalue weighted by Gasteiger charge is 2.74. The molecular formula is C27H26N4O5. The quantitative estimate of drug-likeness (QED) is 0.471. The van der Waals surface area contributed by atoms with E-state index in [0.29, 0.717) is 22.3 Å². The molecule has 0 unspecified atom stereocenters. The number of methoxy groups -OCH3 is 2. The van der Waals surface area contributed by atoms with Crippen LogP contribution in [0.3, 0.4) is 0 Å². The monoisotopic (exact) mass is 486 g/mol. The van der Waals surface area contributed by atoms with Gasteiger partial charge in [-0.3, -0.25) is 19.3 Å². The fraction of sp³-hybridized carbons (Fsp3) is 0.370. The molecule has 9 nitrogen and oxygen atoms in total. The molecule has 0 N–H and O–H groups in total. The maximum Gasteiger partial charge on any atom is 0.322 e. The first-order valence-corrected chi connectivity index (χ1v) is 11.3. The van der Waals surface area contributed by atoms with Crippen LogP contribution in [0.2, 0.25) is 0 Å². The van der Waals surface area contributed by atoms with Crippen molar-refractivity contribution >= 4 is 17.7 Å². The first kappa shape index (κ1) is 25.1. The van der Waals surface area contributed by atoms with Crippen LogP contribution in [-0.2, 0) is 23.9 Å². The molecule has 0 amide bonds. The molecule has 0 aliphatic carbocycles. The second-order valence-corrected chi connectivity index (χ2v) is 9.37. The molecule has 2 aliphatic rings. The fourth-order valence-electron chi connectivity index (χ4n) is 6.14. The number of fused-ring (bicyclic) bond motifs is 2. The van der Waals surface area contributed by atoms with Crippen LogP contribution >= 0.6 is 0 Å². The molecular weight excluding hydrogens is 460 g/mol. The molecule has 2 heterocycles. The molecule has 36 heavy (non-hydrogen) atoms. The molecule has 2 bridgehead atoms. The third kappa shape index (κ3) is 3.40. The average molecular weight is 487 g/mol. The highest BCUT2D eigenvalue weighted by molar-refractivity contribution is 6.17. The summed E-state index contributed by atoms with van der Waals surface area (Å²) in [4.78, 5) is 45.3. The van der Waals surface area contributed by atoms with Crippen molar-refractivity contribution in [2.24, 2.45) is 10.8 Å². The van der Waals surface area contributed by atoms with Crippen LogP contribution in [0.4, 0.5) is 0 Å². The Labute approximate surface area is 209 Å². The van der Waals surface area contributed by atoms with Crippen molar-refractivity contribution in [3.63, 3.8) is 0 Å². The van der Waals surface area contributed by atoms with Gasteiger partial charge in [-0.05, 0) is 49.5 Å². The molecule has 2 fully saturated rings. The van der Waals surface area contributed by atoms with Crippen molar-refractivity contribution in [1.29, 1.82) is 10.5 Å². The predicted molar refractivity (Wildman–Crippen MR) is 127 cm³/mol. The molecule has 2 aromatic rings. The minimum Gasteiger partial charge on any atom is -0.468 e. The van der Waals surface area contributed by atoms with E-state index in [-0.39, 0.29) is 13.1 Å². The van der Waals surface area contributed by atoms with Crippen LogP contribution in [0.15, 0.2) is 48.5 Å². The van der Waals surface area contributed by atoms with Crippen molar-refractivity contribution in [2.45, 2.75) is 12.1 Å². The van der Waals surface area contributed by atoms with Crippen molar-refractivity contribution in [3.8, 4) is 12.1 Å². The Morgan fingerprint density at radius 1 is 0.806 bits per heavy atom. The van der Waals surface area contributed by atoms with Gasteiger partial charge in [0, 0.05) is 13.1 Å². The van der Waals surface area contributed by atoms with Gasteiger partial charge in [-0.1, -0.05) is 24.3 Å². The minimum atomic E-state index is -1.73. The zero-order chi connectivity index (χ0) is 26.3. The SMILES string of the molecule is COC(=O)[C@]12CN(C)C[C@](C(=O)OC)(C1=O)[C@@H](c1ccc(C#N)cc1)N(C)[C@H]2c1ccc(C#N)cc1. The molecule has 0 spiro atoms. The zero-order valence-electron chi connectivity index (χ0n) is 20.5.